The third-order valence-corrected chi connectivity index (χ3v) is 5.09. The molecule has 1 aliphatic rings. The summed E-state index contributed by atoms with van der Waals surface area (Å²) in [6.45, 7) is 5.00. The summed E-state index contributed by atoms with van der Waals surface area (Å²) in [6.07, 6.45) is 0.157. The van der Waals surface area contributed by atoms with E-state index in [0.29, 0.717) is 13.2 Å². The van der Waals surface area contributed by atoms with Gasteiger partial charge in [0.05, 0.1) is 23.6 Å². The molecule has 1 fully saturated rings. The summed E-state index contributed by atoms with van der Waals surface area (Å²) >= 11 is 0. The van der Waals surface area contributed by atoms with Gasteiger partial charge < -0.3 is 9.64 Å². The lowest BCUT2D eigenvalue weighted by Crippen LogP contribution is -2.50. The Morgan fingerprint density at radius 2 is 2.00 bits per heavy atom. The van der Waals surface area contributed by atoms with Crippen molar-refractivity contribution in [1.82, 2.24) is 9.62 Å². The van der Waals surface area contributed by atoms with Crippen molar-refractivity contribution in [2.75, 3.05) is 19.7 Å². The minimum Gasteiger partial charge on any atom is -0.375 e. The molecule has 1 aromatic carbocycles. The van der Waals surface area contributed by atoms with E-state index in [0.717, 1.165) is 0 Å². The van der Waals surface area contributed by atoms with E-state index in [9.17, 15) is 13.2 Å². The van der Waals surface area contributed by atoms with E-state index in [-0.39, 0.29) is 35.9 Å². The molecule has 2 atom stereocenters. The molecule has 0 aromatic heterocycles. The van der Waals surface area contributed by atoms with Crippen molar-refractivity contribution >= 4 is 15.9 Å². The zero-order valence-corrected chi connectivity index (χ0v) is 13.7. The second kappa shape index (κ2) is 7.21. The number of hydrogen-bond donors (Lipinski definition) is 1. The second-order valence-corrected chi connectivity index (χ2v) is 7.27. The molecular weight excluding hydrogens is 304 g/mol. The van der Waals surface area contributed by atoms with Crippen LogP contribution >= 0.6 is 0 Å². The Morgan fingerprint density at radius 1 is 1.32 bits per heavy atom. The Morgan fingerprint density at radius 3 is 2.68 bits per heavy atom. The van der Waals surface area contributed by atoms with Gasteiger partial charge in [-0.2, -0.15) is 0 Å². The molecule has 1 aromatic rings. The van der Waals surface area contributed by atoms with E-state index >= 15 is 0 Å². The average Bonchev–Trinajstić information content (AvgIpc) is 2.50. The highest BCUT2D eigenvalue weighted by Crippen LogP contribution is 2.13. The van der Waals surface area contributed by atoms with E-state index < -0.39 is 10.0 Å². The van der Waals surface area contributed by atoms with Crippen LogP contribution in [0.5, 0.6) is 0 Å². The van der Waals surface area contributed by atoms with E-state index in [1.807, 2.05) is 13.8 Å². The zero-order chi connectivity index (χ0) is 16.2. The van der Waals surface area contributed by atoms with Crippen molar-refractivity contribution < 1.29 is 17.9 Å². The Hall–Kier alpha value is -1.44. The number of amides is 1. The average molecular weight is 326 g/mol. The van der Waals surface area contributed by atoms with Gasteiger partial charge in [0.2, 0.25) is 15.9 Å². The van der Waals surface area contributed by atoms with Crippen LogP contribution in [0.15, 0.2) is 35.2 Å². The van der Waals surface area contributed by atoms with Crippen molar-refractivity contribution in [2.45, 2.75) is 37.3 Å². The summed E-state index contributed by atoms with van der Waals surface area (Å²) < 4.78 is 32.0. The van der Waals surface area contributed by atoms with Crippen molar-refractivity contribution in [3.63, 3.8) is 0 Å². The lowest BCUT2D eigenvalue weighted by molar-refractivity contribution is -0.143. The second-order valence-electron chi connectivity index (χ2n) is 5.50. The maximum Gasteiger partial charge on any atom is 0.240 e. The molecule has 0 radical (unpaired) electrons. The third-order valence-electron chi connectivity index (χ3n) is 3.61. The van der Waals surface area contributed by atoms with Crippen LogP contribution in [0.2, 0.25) is 0 Å². The van der Waals surface area contributed by atoms with Crippen molar-refractivity contribution in [2.24, 2.45) is 0 Å². The predicted molar refractivity (Wildman–Crippen MR) is 82.8 cm³/mol. The number of rotatable bonds is 5. The summed E-state index contributed by atoms with van der Waals surface area (Å²) in [7, 11) is -3.56. The highest BCUT2D eigenvalue weighted by Gasteiger charge is 2.27. The van der Waals surface area contributed by atoms with Crippen LogP contribution in [0.3, 0.4) is 0 Å². The molecular formula is C15H22N2O4S. The molecule has 0 bridgehead atoms. The van der Waals surface area contributed by atoms with Gasteiger partial charge in [0.25, 0.3) is 0 Å². The standard InChI is InChI=1S/C15H22N2O4S/c1-12-11-21-13(2)10-17(12)15(18)8-9-16-22(19,20)14-6-4-3-5-7-14/h3-7,12-13,16H,8-11H2,1-2H3. The maximum atomic E-state index is 12.2. The van der Waals surface area contributed by atoms with Crippen molar-refractivity contribution in [3.8, 4) is 0 Å². The largest absolute Gasteiger partial charge is 0.375 e. The lowest BCUT2D eigenvalue weighted by atomic mass is 10.2. The SMILES string of the molecule is CC1CN(C(=O)CCNS(=O)(=O)c2ccccc2)C(C)CO1. The number of benzene rings is 1. The number of hydrogen-bond acceptors (Lipinski definition) is 4. The van der Waals surface area contributed by atoms with Crippen molar-refractivity contribution in [1.29, 1.82) is 0 Å². The molecule has 6 nitrogen and oxygen atoms in total. The summed E-state index contributed by atoms with van der Waals surface area (Å²) in [5, 5.41) is 0. The molecule has 2 unspecified atom stereocenters. The van der Waals surface area contributed by atoms with E-state index in [1.165, 1.54) is 12.1 Å². The third kappa shape index (κ3) is 4.28. The van der Waals surface area contributed by atoms with E-state index in [4.69, 9.17) is 4.74 Å². The van der Waals surface area contributed by atoms with Crippen LogP contribution in [0.1, 0.15) is 20.3 Å². The molecule has 1 amide bonds. The van der Waals surface area contributed by atoms with Crippen LogP contribution < -0.4 is 4.72 Å². The monoisotopic (exact) mass is 326 g/mol. The van der Waals surface area contributed by atoms with Gasteiger partial charge in [-0.25, -0.2) is 13.1 Å². The Balaban J connectivity index is 1.87. The Labute approximate surface area is 131 Å². The van der Waals surface area contributed by atoms with Gasteiger partial charge >= 0.3 is 0 Å². The molecule has 0 spiro atoms. The van der Waals surface area contributed by atoms with Gasteiger partial charge in [-0.1, -0.05) is 18.2 Å². The lowest BCUT2D eigenvalue weighted by Gasteiger charge is -2.36. The molecule has 22 heavy (non-hydrogen) atoms. The van der Waals surface area contributed by atoms with Crippen LogP contribution in [-0.4, -0.2) is 51.1 Å². The summed E-state index contributed by atoms with van der Waals surface area (Å²) in [5.74, 6) is -0.0570. The molecule has 2 rings (SSSR count). The quantitative estimate of drug-likeness (QED) is 0.875. The predicted octanol–water partition coefficient (Wildman–Crippen LogP) is 0.991. The molecule has 1 aliphatic heterocycles. The fraction of sp³-hybridized carbons (Fsp3) is 0.533. The molecule has 7 heteroatoms. The molecule has 1 heterocycles. The van der Waals surface area contributed by atoms with Gasteiger partial charge in [-0.15, -0.1) is 0 Å². The Kier molecular flexibility index (Phi) is 5.55. The number of morpholine rings is 1. The molecule has 1 saturated heterocycles. The molecule has 122 valence electrons. The first kappa shape index (κ1) is 16.9. The van der Waals surface area contributed by atoms with Crippen LogP contribution in [0.25, 0.3) is 0 Å². The van der Waals surface area contributed by atoms with Crippen LogP contribution in [0.4, 0.5) is 0 Å². The summed E-state index contributed by atoms with van der Waals surface area (Å²) in [4.78, 5) is 14.2. The number of carbonyl (C=O) groups excluding carboxylic acids is 1. The number of ether oxygens (including phenoxy) is 1. The molecule has 0 saturated carbocycles. The number of nitrogens with one attached hydrogen (secondary N) is 1. The van der Waals surface area contributed by atoms with E-state index in [2.05, 4.69) is 4.72 Å². The highest BCUT2D eigenvalue weighted by atomic mass is 32.2. The van der Waals surface area contributed by atoms with E-state index in [1.54, 1.807) is 23.1 Å². The summed E-state index contributed by atoms with van der Waals surface area (Å²) in [5.41, 5.74) is 0. The van der Waals surface area contributed by atoms with Gasteiger partial charge in [-0.05, 0) is 26.0 Å². The highest BCUT2D eigenvalue weighted by molar-refractivity contribution is 7.89. The van der Waals surface area contributed by atoms with Gasteiger partial charge in [0.1, 0.15) is 0 Å². The fourth-order valence-electron chi connectivity index (χ4n) is 2.37. The fourth-order valence-corrected chi connectivity index (χ4v) is 3.42. The first-order valence-corrected chi connectivity index (χ1v) is 8.84. The van der Waals surface area contributed by atoms with Crippen LogP contribution in [-0.2, 0) is 19.6 Å². The first-order chi connectivity index (χ1) is 10.4. The first-order valence-electron chi connectivity index (χ1n) is 7.36. The number of sulfonamides is 1. The van der Waals surface area contributed by atoms with Crippen molar-refractivity contribution in [3.05, 3.63) is 30.3 Å². The maximum absolute atomic E-state index is 12.2. The van der Waals surface area contributed by atoms with Gasteiger partial charge in [-0.3, -0.25) is 4.79 Å². The summed E-state index contributed by atoms with van der Waals surface area (Å²) in [6, 6.07) is 8.15. The van der Waals surface area contributed by atoms with Crippen LogP contribution in [0, 0.1) is 0 Å². The topological polar surface area (TPSA) is 75.7 Å². The molecule has 0 aliphatic carbocycles. The van der Waals surface area contributed by atoms with Gasteiger partial charge in [0, 0.05) is 19.5 Å². The number of nitrogens with zero attached hydrogens (tertiary/aromatic N) is 1. The molecule has 1 N–H and O–H groups in total. The normalized spacial score (nSPS) is 22.5. The van der Waals surface area contributed by atoms with Gasteiger partial charge in [0.15, 0.2) is 0 Å². The zero-order valence-electron chi connectivity index (χ0n) is 12.9. The Bertz CT molecular complexity index is 603. The minimum absolute atomic E-state index is 0.0150. The smallest absolute Gasteiger partial charge is 0.240 e. The number of carbonyl (C=O) groups is 1. The minimum atomic E-state index is -3.56.